The molecule has 15 heavy (non-hydrogen) atoms. The second kappa shape index (κ2) is 5.03. The quantitative estimate of drug-likeness (QED) is 0.452. The van der Waals surface area contributed by atoms with E-state index < -0.39 is 0 Å². The van der Waals surface area contributed by atoms with E-state index in [9.17, 15) is 0 Å². The normalized spacial score (nSPS) is 10.4. The summed E-state index contributed by atoms with van der Waals surface area (Å²) >= 11 is 0. The topological polar surface area (TPSA) is 55.3 Å². The highest BCUT2D eigenvalue weighted by atomic mass is 15.4. The van der Waals surface area contributed by atoms with Crippen molar-refractivity contribution in [2.45, 2.75) is 33.6 Å². The van der Waals surface area contributed by atoms with Crippen LogP contribution in [0.15, 0.2) is 12.1 Å². The molecule has 3 heteroatoms. The Bertz CT molecular complexity index is 334. The van der Waals surface area contributed by atoms with Crippen molar-refractivity contribution >= 4 is 11.4 Å². The van der Waals surface area contributed by atoms with E-state index in [1.165, 1.54) is 11.1 Å². The minimum atomic E-state index is 0.761. The van der Waals surface area contributed by atoms with Crippen LogP contribution in [0.1, 0.15) is 31.4 Å². The Labute approximate surface area is 92.0 Å². The molecule has 0 unspecified atom stereocenters. The minimum absolute atomic E-state index is 0.761. The molecule has 0 saturated heterocycles. The third-order valence-electron chi connectivity index (χ3n) is 2.77. The molecule has 0 bridgehead atoms. The van der Waals surface area contributed by atoms with Crippen LogP contribution in [0.2, 0.25) is 0 Å². The fourth-order valence-corrected chi connectivity index (χ4v) is 1.72. The lowest BCUT2D eigenvalue weighted by Gasteiger charge is -2.21. The summed E-state index contributed by atoms with van der Waals surface area (Å²) in [6, 6.07) is 4.14. The monoisotopic (exact) mass is 207 g/mol. The lowest BCUT2D eigenvalue weighted by atomic mass is 10.0. The molecular formula is C12H21N3. The van der Waals surface area contributed by atoms with Crippen LogP contribution in [-0.2, 0) is 6.42 Å². The number of anilines is 2. The van der Waals surface area contributed by atoms with Crippen LogP contribution in [-0.4, -0.2) is 6.54 Å². The third kappa shape index (κ3) is 2.42. The van der Waals surface area contributed by atoms with Crippen LogP contribution in [0.5, 0.6) is 0 Å². The van der Waals surface area contributed by atoms with Gasteiger partial charge >= 0.3 is 0 Å². The first-order valence-electron chi connectivity index (χ1n) is 5.52. The predicted octanol–water partition coefficient (Wildman–Crippen LogP) is 2.23. The molecule has 0 fully saturated rings. The molecule has 1 aromatic rings. The summed E-state index contributed by atoms with van der Waals surface area (Å²) in [6.07, 6.45) is 2.22. The van der Waals surface area contributed by atoms with E-state index in [1.54, 1.807) is 5.01 Å². The number of benzene rings is 1. The number of hydrogen-bond acceptors (Lipinski definition) is 3. The number of aryl methyl sites for hydroxylation is 1. The first-order valence-corrected chi connectivity index (χ1v) is 5.52. The molecule has 0 atom stereocenters. The van der Waals surface area contributed by atoms with Crippen molar-refractivity contribution in [1.82, 2.24) is 0 Å². The molecule has 0 radical (unpaired) electrons. The first-order chi connectivity index (χ1) is 7.11. The summed E-state index contributed by atoms with van der Waals surface area (Å²) < 4.78 is 0. The summed E-state index contributed by atoms with van der Waals surface area (Å²) in [4.78, 5) is 0. The van der Waals surface area contributed by atoms with E-state index in [0.717, 1.165) is 30.8 Å². The van der Waals surface area contributed by atoms with Gasteiger partial charge in [0.25, 0.3) is 0 Å². The SMILES string of the molecule is CCCc1ccc(N(N)CC)c(N)c1C. The molecule has 1 rings (SSSR count). The highest BCUT2D eigenvalue weighted by Gasteiger charge is 2.09. The third-order valence-corrected chi connectivity index (χ3v) is 2.77. The van der Waals surface area contributed by atoms with E-state index in [0.29, 0.717) is 0 Å². The number of hydrazine groups is 1. The zero-order chi connectivity index (χ0) is 11.4. The largest absolute Gasteiger partial charge is 0.397 e. The Morgan fingerprint density at radius 1 is 1.27 bits per heavy atom. The highest BCUT2D eigenvalue weighted by Crippen LogP contribution is 2.27. The van der Waals surface area contributed by atoms with Gasteiger partial charge in [0, 0.05) is 6.54 Å². The number of nitrogens with zero attached hydrogens (tertiary/aromatic N) is 1. The van der Waals surface area contributed by atoms with Crippen molar-refractivity contribution in [3.05, 3.63) is 23.3 Å². The molecule has 1 aromatic carbocycles. The van der Waals surface area contributed by atoms with Gasteiger partial charge in [0.2, 0.25) is 0 Å². The summed E-state index contributed by atoms with van der Waals surface area (Å²) in [6.45, 7) is 7.00. The zero-order valence-electron chi connectivity index (χ0n) is 9.88. The number of nitrogens with two attached hydrogens (primary N) is 2. The van der Waals surface area contributed by atoms with Gasteiger partial charge < -0.3 is 10.7 Å². The van der Waals surface area contributed by atoms with E-state index in [-0.39, 0.29) is 0 Å². The van der Waals surface area contributed by atoms with Crippen molar-refractivity contribution in [3.8, 4) is 0 Å². The van der Waals surface area contributed by atoms with Gasteiger partial charge in [0.1, 0.15) is 0 Å². The van der Waals surface area contributed by atoms with Crippen LogP contribution in [0.4, 0.5) is 11.4 Å². The predicted molar refractivity (Wildman–Crippen MR) is 66.8 cm³/mol. The van der Waals surface area contributed by atoms with Gasteiger partial charge in [0.05, 0.1) is 11.4 Å². The number of nitrogen functional groups attached to an aromatic ring is 1. The Morgan fingerprint density at radius 2 is 1.93 bits per heavy atom. The van der Waals surface area contributed by atoms with Crippen molar-refractivity contribution < 1.29 is 0 Å². The number of hydrogen-bond donors (Lipinski definition) is 2. The molecule has 84 valence electrons. The Morgan fingerprint density at radius 3 is 2.47 bits per heavy atom. The van der Waals surface area contributed by atoms with Gasteiger partial charge in [-0.2, -0.15) is 0 Å². The van der Waals surface area contributed by atoms with E-state index >= 15 is 0 Å². The molecule has 0 aliphatic heterocycles. The zero-order valence-corrected chi connectivity index (χ0v) is 9.88. The van der Waals surface area contributed by atoms with Crippen molar-refractivity contribution in [2.24, 2.45) is 5.84 Å². The van der Waals surface area contributed by atoms with Crippen LogP contribution >= 0.6 is 0 Å². The van der Waals surface area contributed by atoms with Crippen LogP contribution in [0.3, 0.4) is 0 Å². The Balaban J connectivity index is 3.09. The van der Waals surface area contributed by atoms with Crippen molar-refractivity contribution in [3.63, 3.8) is 0 Å². The number of rotatable bonds is 4. The molecule has 0 spiro atoms. The smallest absolute Gasteiger partial charge is 0.0749 e. The summed E-state index contributed by atoms with van der Waals surface area (Å²) in [5.41, 5.74) is 10.3. The molecule has 0 aliphatic carbocycles. The maximum atomic E-state index is 6.07. The Hall–Kier alpha value is -1.22. The van der Waals surface area contributed by atoms with Crippen LogP contribution in [0.25, 0.3) is 0 Å². The standard InChI is InChI=1S/C12H21N3/c1-4-6-10-7-8-11(15(14)5-2)12(13)9(10)3/h7-8H,4-6,13-14H2,1-3H3. The van der Waals surface area contributed by atoms with Gasteiger partial charge in [-0.05, 0) is 37.5 Å². The maximum absolute atomic E-state index is 6.07. The summed E-state index contributed by atoms with van der Waals surface area (Å²) in [7, 11) is 0. The fraction of sp³-hybridized carbons (Fsp3) is 0.500. The second-order valence-corrected chi connectivity index (χ2v) is 3.82. The average molecular weight is 207 g/mol. The van der Waals surface area contributed by atoms with Gasteiger partial charge in [0.15, 0.2) is 0 Å². The molecule has 0 saturated carbocycles. The van der Waals surface area contributed by atoms with Gasteiger partial charge in [-0.1, -0.05) is 19.4 Å². The molecule has 4 N–H and O–H groups in total. The van der Waals surface area contributed by atoms with E-state index in [2.05, 4.69) is 19.9 Å². The molecule has 0 amide bonds. The highest BCUT2D eigenvalue weighted by molar-refractivity contribution is 5.71. The van der Waals surface area contributed by atoms with Gasteiger partial charge in [-0.25, -0.2) is 5.84 Å². The second-order valence-electron chi connectivity index (χ2n) is 3.82. The lowest BCUT2D eigenvalue weighted by Crippen LogP contribution is -2.31. The molecular weight excluding hydrogens is 186 g/mol. The summed E-state index contributed by atoms with van der Waals surface area (Å²) in [5, 5.41) is 1.68. The fourth-order valence-electron chi connectivity index (χ4n) is 1.72. The maximum Gasteiger partial charge on any atom is 0.0749 e. The van der Waals surface area contributed by atoms with Crippen LogP contribution < -0.4 is 16.6 Å². The van der Waals surface area contributed by atoms with E-state index in [4.69, 9.17) is 11.6 Å². The molecule has 0 heterocycles. The van der Waals surface area contributed by atoms with Crippen molar-refractivity contribution in [2.75, 3.05) is 17.3 Å². The first kappa shape index (κ1) is 11.9. The average Bonchev–Trinajstić information content (AvgIpc) is 2.24. The molecule has 3 nitrogen and oxygen atoms in total. The van der Waals surface area contributed by atoms with Gasteiger partial charge in [-0.3, -0.25) is 0 Å². The minimum Gasteiger partial charge on any atom is -0.397 e. The van der Waals surface area contributed by atoms with Crippen molar-refractivity contribution in [1.29, 1.82) is 0 Å². The molecule has 0 aromatic heterocycles. The van der Waals surface area contributed by atoms with E-state index in [1.807, 2.05) is 13.0 Å². The Kier molecular flexibility index (Phi) is 3.97. The molecule has 0 aliphatic rings. The lowest BCUT2D eigenvalue weighted by molar-refractivity contribution is 0.884. The summed E-state index contributed by atoms with van der Waals surface area (Å²) in [5.74, 6) is 5.84. The van der Waals surface area contributed by atoms with Crippen LogP contribution in [0, 0.1) is 6.92 Å². The van der Waals surface area contributed by atoms with Gasteiger partial charge in [-0.15, -0.1) is 0 Å².